The molecule has 2 heterocycles. The summed E-state index contributed by atoms with van der Waals surface area (Å²) < 4.78 is 0. The van der Waals surface area contributed by atoms with Gasteiger partial charge in [-0.05, 0) is 37.5 Å². The van der Waals surface area contributed by atoms with Crippen molar-refractivity contribution in [2.24, 2.45) is 11.8 Å². The summed E-state index contributed by atoms with van der Waals surface area (Å²) in [7, 11) is 0. The first-order valence-electron chi connectivity index (χ1n) is 7.46. The molecule has 2 rings (SSSR count). The zero-order chi connectivity index (χ0) is 14.5. The van der Waals surface area contributed by atoms with Gasteiger partial charge in [0, 0.05) is 39.2 Å². The Labute approximate surface area is 119 Å². The van der Waals surface area contributed by atoms with Crippen LogP contribution in [0.4, 0.5) is 4.79 Å². The molecule has 114 valence electrons. The third-order valence-electron chi connectivity index (χ3n) is 4.30. The number of amides is 2. The summed E-state index contributed by atoms with van der Waals surface area (Å²) in [6, 6.07) is 0.0123. The normalized spacial score (nSPS) is 27.4. The van der Waals surface area contributed by atoms with Gasteiger partial charge < -0.3 is 20.0 Å². The molecule has 0 aromatic carbocycles. The van der Waals surface area contributed by atoms with Crippen LogP contribution < -0.4 is 0 Å². The quantitative estimate of drug-likeness (QED) is 0.810. The van der Waals surface area contributed by atoms with Crippen LogP contribution in [0.5, 0.6) is 0 Å². The van der Waals surface area contributed by atoms with Crippen LogP contribution in [0.3, 0.4) is 0 Å². The van der Waals surface area contributed by atoms with E-state index in [1.165, 1.54) is 0 Å². The van der Waals surface area contributed by atoms with Crippen molar-refractivity contribution in [2.75, 3.05) is 32.8 Å². The molecule has 0 spiro atoms. The van der Waals surface area contributed by atoms with Crippen molar-refractivity contribution in [2.45, 2.75) is 32.1 Å². The molecule has 2 aliphatic heterocycles. The Kier molecular flexibility index (Phi) is 5.23. The highest BCUT2D eigenvalue weighted by atomic mass is 16.4. The van der Waals surface area contributed by atoms with E-state index in [2.05, 4.69) is 0 Å². The van der Waals surface area contributed by atoms with Crippen LogP contribution >= 0.6 is 0 Å². The molecule has 6 heteroatoms. The SMILES string of the molecule is O=C(O)CC1CCCN(C(=O)N2CCCC(CO)C2)C1. The van der Waals surface area contributed by atoms with Gasteiger partial charge in [-0.1, -0.05) is 0 Å². The Hall–Kier alpha value is -1.30. The molecule has 0 bridgehead atoms. The molecule has 2 fully saturated rings. The molecule has 0 aromatic rings. The van der Waals surface area contributed by atoms with Gasteiger partial charge in [-0.3, -0.25) is 4.79 Å². The number of likely N-dealkylation sites (tertiary alicyclic amines) is 2. The minimum absolute atomic E-state index is 0.0123. The monoisotopic (exact) mass is 284 g/mol. The summed E-state index contributed by atoms with van der Waals surface area (Å²) in [5.41, 5.74) is 0. The van der Waals surface area contributed by atoms with E-state index in [4.69, 9.17) is 5.11 Å². The fraction of sp³-hybridized carbons (Fsp3) is 0.857. The van der Waals surface area contributed by atoms with Crippen LogP contribution in [0.15, 0.2) is 0 Å². The summed E-state index contributed by atoms with van der Waals surface area (Å²) in [5, 5.41) is 18.1. The van der Waals surface area contributed by atoms with Crippen molar-refractivity contribution < 1.29 is 19.8 Å². The Morgan fingerprint density at radius 3 is 2.10 bits per heavy atom. The highest BCUT2D eigenvalue weighted by Gasteiger charge is 2.30. The first-order valence-corrected chi connectivity index (χ1v) is 7.46. The molecule has 2 saturated heterocycles. The fourth-order valence-electron chi connectivity index (χ4n) is 3.24. The number of carbonyl (C=O) groups is 2. The molecule has 2 atom stereocenters. The lowest BCUT2D eigenvalue weighted by Gasteiger charge is -2.39. The molecule has 0 saturated carbocycles. The minimum Gasteiger partial charge on any atom is -0.481 e. The Morgan fingerprint density at radius 1 is 1.00 bits per heavy atom. The molecule has 0 aromatic heterocycles. The van der Waals surface area contributed by atoms with Crippen LogP contribution in [0, 0.1) is 11.8 Å². The molecule has 2 amide bonds. The topological polar surface area (TPSA) is 81.1 Å². The molecule has 2 unspecified atom stereocenters. The summed E-state index contributed by atoms with van der Waals surface area (Å²) in [4.78, 5) is 26.9. The van der Waals surface area contributed by atoms with E-state index in [0.29, 0.717) is 13.1 Å². The predicted molar refractivity (Wildman–Crippen MR) is 73.3 cm³/mol. The Morgan fingerprint density at radius 2 is 1.55 bits per heavy atom. The van der Waals surface area contributed by atoms with Crippen molar-refractivity contribution >= 4 is 12.0 Å². The first kappa shape index (κ1) is 15.1. The predicted octanol–water partition coefficient (Wildman–Crippen LogP) is 0.997. The number of hydrogen-bond donors (Lipinski definition) is 2. The van der Waals surface area contributed by atoms with E-state index < -0.39 is 5.97 Å². The number of rotatable bonds is 3. The van der Waals surface area contributed by atoms with Gasteiger partial charge in [0.15, 0.2) is 0 Å². The number of aliphatic hydroxyl groups excluding tert-OH is 1. The number of aliphatic hydroxyl groups is 1. The van der Waals surface area contributed by atoms with Crippen molar-refractivity contribution in [3.8, 4) is 0 Å². The molecular formula is C14H24N2O4. The van der Waals surface area contributed by atoms with Gasteiger partial charge in [0.25, 0.3) is 0 Å². The molecular weight excluding hydrogens is 260 g/mol. The van der Waals surface area contributed by atoms with Gasteiger partial charge in [-0.2, -0.15) is 0 Å². The van der Waals surface area contributed by atoms with Gasteiger partial charge in [0.05, 0.1) is 0 Å². The second-order valence-corrected chi connectivity index (χ2v) is 5.97. The number of carbonyl (C=O) groups excluding carboxylic acids is 1. The number of urea groups is 1. The maximum Gasteiger partial charge on any atom is 0.320 e. The molecule has 20 heavy (non-hydrogen) atoms. The maximum absolute atomic E-state index is 12.5. The largest absolute Gasteiger partial charge is 0.481 e. The summed E-state index contributed by atoms with van der Waals surface area (Å²) in [6.45, 7) is 2.76. The van der Waals surface area contributed by atoms with E-state index >= 15 is 0 Å². The van der Waals surface area contributed by atoms with Crippen molar-refractivity contribution in [3.05, 3.63) is 0 Å². The van der Waals surface area contributed by atoms with Gasteiger partial charge in [-0.25, -0.2) is 4.79 Å². The molecule has 6 nitrogen and oxygen atoms in total. The van der Waals surface area contributed by atoms with Crippen LogP contribution in [-0.2, 0) is 4.79 Å². The standard InChI is InChI=1S/C14H24N2O4/c17-10-12-4-2-6-16(9-12)14(20)15-5-1-3-11(8-15)7-13(18)19/h11-12,17H,1-10H2,(H,18,19). The van der Waals surface area contributed by atoms with Gasteiger partial charge >= 0.3 is 12.0 Å². The number of carboxylic acids is 1. The summed E-state index contributed by atoms with van der Waals surface area (Å²) in [5.74, 6) is -0.529. The third kappa shape index (κ3) is 3.85. The fourth-order valence-corrected chi connectivity index (χ4v) is 3.24. The number of nitrogens with zero attached hydrogens (tertiary/aromatic N) is 2. The van der Waals surface area contributed by atoms with Crippen molar-refractivity contribution in [3.63, 3.8) is 0 Å². The van der Waals surface area contributed by atoms with Crippen molar-refractivity contribution in [1.82, 2.24) is 9.80 Å². The second kappa shape index (κ2) is 6.92. The maximum atomic E-state index is 12.5. The van der Waals surface area contributed by atoms with Gasteiger partial charge in [-0.15, -0.1) is 0 Å². The molecule has 2 aliphatic rings. The lowest BCUT2D eigenvalue weighted by atomic mass is 9.95. The van der Waals surface area contributed by atoms with Crippen molar-refractivity contribution in [1.29, 1.82) is 0 Å². The van der Waals surface area contributed by atoms with E-state index in [1.807, 2.05) is 4.90 Å². The van der Waals surface area contributed by atoms with E-state index in [0.717, 1.165) is 38.8 Å². The zero-order valence-electron chi connectivity index (χ0n) is 11.8. The highest BCUT2D eigenvalue weighted by molar-refractivity contribution is 5.75. The van der Waals surface area contributed by atoms with E-state index in [9.17, 15) is 14.7 Å². The van der Waals surface area contributed by atoms with Gasteiger partial charge in [0.1, 0.15) is 0 Å². The van der Waals surface area contributed by atoms with Crippen LogP contribution in [0.1, 0.15) is 32.1 Å². The minimum atomic E-state index is -0.789. The zero-order valence-corrected chi connectivity index (χ0v) is 11.8. The Balaban J connectivity index is 1.89. The Bertz CT molecular complexity index is 361. The van der Waals surface area contributed by atoms with Crippen LogP contribution in [-0.4, -0.2) is 64.8 Å². The average molecular weight is 284 g/mol. The average Bonchev–Trinajstić information content (AvgIpc) is 2.46. The van der Waals surface area contributed by atoms with E-state index in [1.54, 1.807) is 4.90 Å². The van der Waals surface area contributed by atoms with Crippen LogP contribution in [0.2, 0.25) is 0 Å². The lowest BCUT2D eigenvalue weighted by molar-refractivity contribution is -0.138. The smallest absolute Gasteiger partial charge is 0.320 e. The number of hydrogen-bond acceptors (Lipinski definition) is 3. The molecule has 2 N–H and O–H groups in total. The third-order valence-corrected chi connectivity index (χ3v) is 4.30. The lowest BCUT2D eigenvalue weighted by Crippen LogP contribution is -2.51. The molecule has 0 aliphatic carbocycles. The number of aliphatic carboxylic acids is 1. The number of carboxylic acid groups (broad SMARTS) is 1. The molecule has 0 radical (unpaired) electrons. The van der Waals surface area contributed by atoms with E-state index in [-0.39, 0.29) is 30.9 Å². The number of piperidine rings is 2. The van der Waals surface area contributed by atoms with Gasteiger partial charge in [0.2, 0.25) is 0 Å². The summed E-state index contributed by atoms with van der Waals surface area (Å²) in [6.07, 6.45) is 3.81. The van der Waals surface area contributed by atoms with Crippen LogP contribution in [0.25, 0.3) is 0 Å². The second-order valence-electron chi connectivity index (χ2n) is 5.97. The highest BCUT2D eigenvalue weighted by Crippen LogP contribution is 2.23. The summed E-state index contributed by atoms with van der Waals surface area (Å²) >= 11 is 0. The first-order chi connectivity index (χ1) is 9.60.